The van der Waals surface area contributed by atoms with Crippen LogP contribution < -0.4 is 11.1 Å². The molecular formula is C12H16F2N2O. The third-order valence-electron chi connectivity index (χ3n) is 2.62. The minimum absolute atomic E-state index is 0.0152. The minimum atomic E-state index is -1.12. The van der Waals surface area contributed by atoms with Crippen LogP contribution in [-0.2, 0) is 4.79 Å². The van der Waals surface area contributed by atoms with E-state index in [4.69, 9.17) is 5.73 Å². The third kappa shape index (κ3) is 3.41. The predicted molar refractivity (Wildman–Crippen MR) is 63.5 cm³/mol. The Morgan fingerprint density at radius 2 is 2.12 bits per heavy atom. The molecule has 3 nitrogen and oxygen atoms in total. The highest BCUT2D eigenvalue weighted by Gasteiger charge is 2.15. The van der Waals surface area contributed by atoms with Crippen molar-refractivity contribution in [1.29, 1.82) is 0 Å². The molecule has 0 aliphatic heterocycles. The summed E-state index contributed by atoms with van der Waals surface area (Å²) in [5.41, 5.74) is 5.22. The molecule has 17 heavy (non-hydrogen) atoms. The van der Waals surface area contributed by atoms with E-state index < -0.39 is 11.6 Å². The molecule has 0 bridgehead atoms. The summed E-state index contributed by atoms with van der Waals surface area (Å²) in [7, 11) is 0. The number of halogens is 2. The highest BCUT2D eigenvalue weighted by atomic mass is 19.2. The summed E-state index contributed by atoms with van der Waals surface area (Å²) in [4.78, 5) is 11.5. The van der Waals surface area contributed by atoms with Gasteiger partial charge in [0.1, 0.15) is 5.69 Å². The average molecular weight is 242 g/mol. The Labute approximate surface area is 99.0 Å². The molecular weight excluding hydrogens is 226 g/mol. The molecule has 0 saturated carbocycles. The molecule has 0 aliphatic carbocycles. The normalized spacial score (nSPS) is 12.2. The van der Waals surface area contributed by atoms with Gasteiger partial charge >= 0.3 is 0 Å². The first kappa shape index (κ1) is 13.4. The molecule has 1 atom stereocenters. The number of hydrogen-bond acceptors (Lipinski definition) is 2. The van der Waals surface area contributed by atoms with Crippen LogP contribution in [-0.4, -0.2) is 5.91 Å². The number of nitrogens with one attached hydrogen (secondary N) is 1. The van der Waals surface area contributed by atoms with Crippen molar-refractivity contribution < 1.29 is 13.6 Å². The molecule has 0 saturated heterocycles. The molecule has 1 amide bonds. The van der Waals surface area contributed by atoms with Gasteiger partial charge in [-0.3, -0.25) is 4.79 Å². The first-order valence-electron chi connectivity index (χ1n) is 5.49. The zero-order valence-corrected chi connectivity index (χ0v) is 9.89. The molecule has 1 aromatic carbocycles. The summed E-state index contributed by atoms with van der Waals surface area (Å²) >= 11 is 0. The zero-order chi connectivity index (χ0) is 13.0. The quantitative estimate of drug-likeness (QED) is 0.797. The van der Waals surface area contributed by atoms with Gasteiger partial charge in [0.25, 0.3) is 0 Å². The van der Waals surface area contributed by atoms with Crippen LogP contribution in [0.5, 0.6) is 0 Å². The van der Waals surface area contributed by atoms with E-state index in [2.05, 4.69) is 5.32 Å². The summed E-state index contributed by atoms with van der Waals surface area (Å²) in [6, 6.07) is 2.15. The Kier molecular flexibility index (Phi) is 4.43. The van der Waals surface area contributed by atoms with Gasteiger partial charge in [-0.15, -0.1) is 0 Å². The standard InChI is InChI=1S/C12H16F2N2O/c1-3-7(2)6-10(17)16-12-9(15)5-4-8(13)11(12)14/h4-5,7H,3,6,15H2,1-2H3,(H,16,17). The van der Waals surface area contributed by atoms with E-state index in [0.29, 0.717) is 0 Å². The van der Waals surface area contributed by atoms with E-state index in [0.717, 1.165) is 12.5 Å². The molecule has 0 aromatic heterocycles. The number of amides is 1. The maximum atomic E-state index is 13.4. The number of benzene rings is 1. The van der Waals surface area contributed by atoms with Gasteiger partial charge < -0.3 is 11.1 Å². The first-order chi connectivity index (χ1) is 7.95. The zero-order valence-electron chi connectivity index (χ0n) is 9.89. The SMILES string of the molecule is CCC(C)CC(=O)Nc1c(N)ccc(F)c1F. The van der Waals surface area contributed by atoms with Gasteiger partial charge in [0.2, 0.25) is 5.91 Å². The van der Waals surface area contributed by atoms with Crippen molar-refractivity contribution in [3.05, 3.63) is 23.8 Å². The number of rotatable bonds is 4. The van der Waals surface area contributed by atoms with Gasteiger partial charge in [-0.1, -0.05) is 20.3 Å². The van der Waals surface area contributed by atoms with Gasteiger partial charge in [-0.25, -0.2) is 8.78 Å². The van der Waals surface area contributed by atoms with Crippen LogP contribution in [0.3, 0.4) is 0 Å². The molecule has 0 aliphatic rings. The Balaban J connectivity index is 2.81. The number of nitrogen functional groups attached to an aromatic ring is 1. The lowest BCUT2D eigenvalue weighted by Crippen LogP contribution is -2.17. The molecule has 5 heteroatoms. The number of nitrogens with two attached hydrogens (primary N) is 1. The molecule has 3 N–H and O–H groups in total. The largest absolute Gasteiger partial charge is 0.397 e. The first-order valence-corrected chi connectivity index (χ1v) is 5.49. The lowest BCUT2D eigenvalue weighted by Gasteiger charge is -2.12. The molecule has 0 spiro atoms. The van der Waals surface area contributed by atoms with Crippen molar-refractivity contribution in [2.75, 3.05) is 11.1 Å². The van der Waals surface area contributed by atoms with Crippen LogP contribution >= 0.6 is 0 Å². The smallest absolute Gasteiger partial charge is 0.224 e. The monoisotopic (exact) mass is 242 g/mol. The number of hydrogen-bond donors (Lipinski definition) is 2. The van der Waals surface area contributed by atoms with Gasteiger partial charge in [0.15, 0.2) is 11.6 Å². The predicted octanol–water partition coefficient (Wildman–Crippen LogP) is 2.92. The summed E-state index contributed by atoms with van der Waals surface area (Å²) in [6.45, 7) is 3.86. The van der Waals surface area contributed by atoms with Crippen LogP contribution in [0.1, 0.15) is 26.7 Å². The Morgan fingerprint density at radius 1 is 1.47 bits per heavy atom. The van der Waals surface area contributed by atoms with Crippen molar-refractivity contribution >= 4 is 17.3 Å². The van der Waals surface area contributed by atoms with Crippen LogP contribution in [0.2, 0.25) is 0 Å². The minimum Gasteiger partial charge on any atom is -0.397 e. The van der Waals surface area contributed by atoms with Crippen molar-refractivity contribution in [2.45, 2.75) is 26.7 Å². The number of anilines is 2. The molecule has 0 fully saturated rings. The van der Waals surface area contributed by atoms with Crippen molar-refractivity contribution in [1.82, 2.24) is 0 Å². The van der Waals surface area contributed by atoms with Gasteiger partial charge in [0.05, 0.1) is 5.69 Å². The van der Waals surface area contributed by atoms with E-state index in [9.17, 15) is 13.6 Å². The second kappa shape index (κ2) is 5.61. The lowest BCUT2D eigenvalue weighted by molar-refractivity contribution is -0.117. The van der Waals surface area contributed by atoms with E-state index in [1.807, 2.05) is 13.8 Å². The Hall–Kier alpha value is -1.65. The second-order valence-corrected chi connectivity index (χ2v) is 4.09. The molecule has 1 aromatic rings. The molecule has 0 heterocycles. The number of carbonyl (C=O) groups excluding carboxylic acids is 1. The summed E-state index contributed by atoms with van der Waals surface area (Å²) < 4.78 is 26.3. The highest BCUT2D eigenvalue weighted by Crippen LogP contribution is 2.25. The topological polar surface area (TPSA) is 55.1 Å². The lowest BCUT2D eigenvalue weighted by atomic mass is 10.0. The molecule has 94 valence electrons. The van der Waals surface area contributed by atoms with Crippen LogP contribution in [0.25, 0.3) is 0 Å². The number of carbonyl (C=O) groups is 1. The summed E-state index contributed by atoms with van der Waals surface area (Å²) in [6.07, 6.45) is 1.10. The van der Waals surface area contributed by atoms with Crippen molar-refractivity contribution in [3.63, 3.8) is 0 Å². The highest BCUT2D eigenvalue weighted by molar-refractivity contribution is 5.94. The molecule has 0 radical (unpaired) electrons. The maximum absolute atomic E-state index is 13.4. The second-order valence-electron chi connectivity index (χ2n) is 4.09. The fourth-order valence-electron chi connectivity index (χ4n) is 1.34. The summed E-state index contributed by atoms with van der Waals surface area (Å²) in [5, 5.41) is 2.31. The van der Waals surface area contributed by atoms with Crippen LogP contribution in [0, 0.1) is 17.6 Å². The van der Waals surface area contributed by atoms with E-state index in [1.54, 1.807) is 0 Å². The van der Waals surface area contributed by atoms with Gasteiger partial charge in [0, 0.05) is 6.42 Å². The van der Waals surface area contributed by atoms with Crippen LogP contribution in [0.4, 0.5) is 20.2 Å². The molecule has 1 unspecified atom stereocenters. The fourth-order valence-corrected chi connectivity index (χ4v) is 1.34. The average Bonchev–Trinajstić information content (AvgIpc) is 2.29. The van der Waals surface area contributed by atoms with E-state index in [-0.39, 0.29) is 29.6 Å². The molecule has 1 rings (SSSR count). The van der Waals surface area contributed by atoms with Crippen LogP contribution in [0.15, 0.2) is 12.1 Å². The fraction of sp³-hybridized carbons (Fsp3) is 0.417. The summed E-state index contributed by atoms with van der Waals surface area (Å²) in [5.74, 6) is -2.33. The Morgan fingerprint density at radius 3 is 2.71 bits per heavy atom. The third-order valence-corrected chi connectivity index (χ3v) is 2.62. The van der Waals surface area contributed by atoms with Gasteiger partial charge in [-0.05, 0) is 18.1 Å². The Bertz CT molecular complexity index is 421. The van der Waals surface area contributed by atoms with Crippen molar-refractivity contribution in [3.8, 4) is 0 Å². The van der Waals surface area contributed by atoms with E-state index in [1.165, 1.54) is 6.07 Å². The van der Waals surface area contributed by atoms with Crippen molar-refractivity contribution in [2.24, 2.45) is 5.92 Å². The maximum Gasteiger partial charge on any atom is 0.224 e. The van der Waals surface area contributed by atoms with Gasteiger partial charge in [-0.2, -0.15) is 0 Å². The van der Waals surface area contributed by atoms with E-state index >= 15 is 0 Å².